The van der Waals surface area contributed by atoms with Crippen molar-refractivity contribution in [3.63, 3.8) is 0 Å². The molecule has 1 amide bonds. The van der Waals surface area contributed by atoms with Gasteiger partial charge in [-0.1, -0.05) is 36.4 Å². The fourth-order valence-corrected chi connectivity index (χ4v) is 5.06. The van der Waals surface area contributed by atoms with E-state index in [1.165, 1.54) is 11.8 Å². The van der Waals surface area contributed by atoms with Crippen molar-refractivity contribution in [2.45, 2.75) is 0 Å². The first kappa shape index (κ1) is 21.1. The molecule has 162 valence electrons. The smallest absolute Gasteiger partial charge is 0.271 e. The van der Waals surface area contributed by atoms with E-state index in [1.807, 2.05) is 66.7 Å². The van der Waals surface area contributed by atoms with Crippen LogP contribution >= 0.6 is 27.7 Å². The number of furan rings is 1. The van der Waals surface area contributed by atoms with E-state index in [-0.39, 0.29) is 5.91 Å². The second-order valence-corrected chi connectivity index (χ2v) is 9.08. The molecule has 3 heterocycles. The van der Waals surface area contributed by atoms with Gasteiger partial charge >= 0.3 is 0 Å². The van der Waals surface area contributed by atoms with E-state index in [2.05, 4.69) is 20.8 Å². The Hall–Kier alpha value is -2.81. The molecule has 0 bridgehead atoms. The van der Waals surface area contributed by atoms with Crippen LogP contribution in [-0.4, -0.2) is 37.4 Å². The van der Waals surface area contributed by atoms with Crippen molar-refractivity contribution in [1.82, 2.24) is 0 Å². The number of benzene rings is 2. The van der Waals surface area contributed by atoms with E-state index in [0.29, 0.717) is 29.0 Å². The number of aliphatic imine (C=N–C) groups is 1. The Bertz CT molecular complexity index is 1170. The predicted molar refractivity (Wildman–Crippen MR) is 132 cm³/mol. The second-order valence-electron chi connectivity index (χ2n) is 7.22. The fourth-order valence-electron chi connectivity index (χ4n) is 3.53. The molecule has 2 aliphatic rings. The molecule has 0 unspecified atom stereocenters. The number of rotatable bonds is 4. The molecule has 5 rings (SSSR count). The van der Waals surface area contributed by atoms with Crippen molar-refractivity contribution in [2.75, 3.05) is 36.1 Å². The van der Waals surface area contributed by atoms with Crippen LogP contribution in [0, 0.1) is 0 Å². The van der Waals surface area contributed by atoms with Gasteiger partial charge in [0.1, 0.15) is 5.76 Å². The number of hydrogen-bond acceptors (Lipinski definition) is 6. The zero-order chi connectivity index (χ0) is 21.9. The van der Waals surface area contributed by atoms with E-state index >= 15 is 0 Å². The number of carbonyl (C=O) groups is 1. The molecule has 8 heteroatoms. The number of anilines is 2. The van der Waals surface area contributed by atoms with Crippen molar-refractivity contribution in [3.8, 4) is 0 Å². The summed E-state index contributed by atoms with van der Waals surface area (Å²) in [5, 5.41) is 0.609. The fraction of sp³-hybridized carbons (Fsp3) is 0.167. The number of morpholine rings is 1. The van der Waals surface area contributed by atoms with Crippen LogP contribution < -0.4 is 9.80 Å². The van der Waals surface area contributed by atoms with Gasteiger partial charge in [0, 0.05) is 25.2 Å². The Balaban J connectivity index is 1.49. The molecule has 2 aromatic carbocycles. The lowest BCUT2D eigenvalue weighted by Crippen LogP contribution is -2.36. The van der Waals surface area contributed by atoms with E-state index < -0.39 is 0 Å². The Kier molecular flexibility index (Phi) is 6.16. The molecule has 0 radical (unpaired) electrons. The molecule has 0 N–H and O–H groups in total. The minimum absolute atomic E-state index is 0.128. The quantitative estimate of drug-likeness (QED) is 0.423. The number of thioether (sulfide) groups is 1. The maximum Gasteiger partial charge on any atom is 0.271 e. The first-order valence-electron chi connectivity index (χ1n) is 10.2. The molecule has 0 spiro atoms. The summed E-state index contributed by atoms with van der Waals surface area (Å²) < 4.78 is 12.4. The normalized spacial score (nSPS) is 19.3. The van der Waals surface area contributed by atoms with Gasteiger partial charge in [-0.05, 0) is 52.0 Å². The SMILES string of the molecule is O=C1/C(=C/c2cc(Br)c(N3CCOCC3)o2)SC(=Nc2ccccc2)N1c1ccccc1. The number of nitrogens with zero attached hydrogens (tertiary/aromatic N) is 3. The first-order valence-corrected chi connectivity index (χ1v) is 11.8. The number of ether oxygens (including phenoxy) is 1. The third-order valence-electron chi connectivity index (χ3n) is 5.06. The minimum Gasteiger partial charge on any atom is -0.440 e. The molecule has 3 aromatic rings. The number of carbonyl (C=O) groups excluding carboxylic acids is 1. The minimum atomic E-state index is -0.128. The van der Waals surface area contributed by atoms with Gasteiger partial charge in [0.05, 0.1) is 34.0 Å². The van der Waals surface area contributed by atoms with Crippen LogP contribution in [0.3, 0.4) is 0 Å². The Morgan fingerprint density at radius 1 is 1.00 bits per heavy atom. The summed E-state index contributed by atoms with van der Waals surface area (Å²) in [4.78, 5) is 22.5. The lowest BCUT2D eigenvalue weighted by Gasteiger charge is -2.26. The topological polar surface area (TPSA) is 58.3 Å². The molecule has 2 saturated heterocycles. The highest BCUT2D eigenvalue weighted by atomic mass is 79.9. The van der Waals surface area contributed by atoms with Crippen LogP contribution in [0.1, 0.15) is 5.76 Å². The van der Waals surface area contributed by atoms with E-state index in [4.69, 9.17) is 14.1 Å². The van der Waals surface area contributed by atoms with E-state index in [0.717, 1.165) is 34.8 Å². The van der Waals surface area contributed by atoms with Crippen molar-refractivity contribution < 1.29 is 13.9 Å². The Labute approximate surface area is 198 Å². The molecule has 1 aromatic heterocycles. The third-order valence-corrected chi connectivity index (χ3v) is 6.60. The summed E-state index contributed by atoms with van der Waals surface area (Å²) in [5.41, 5.74) is 1.57. The molecule has 0 aliphatic carbocycles. The highest BCUT2D eigenvalue weighted by molar-refractivity contribution is 9.10. The van der Waals surface area contributed by atoms with Crippen LogP contribution in [0.15, 0.2) is 85.5 Å². The second kappa shape index (κ2) is 9.36. The monoisotopic (exact) mass is 509 g/mol. The number of para-hydroxylation sites is 2. The zero-order valence-corrected chi connectivity index (χ0v) is 19.5. The lowest BCUT2D eigenvalue weighted by molar-refractivity contribution is -0.113. The van der Waals surface area contributed by atoms with Gasteiger partial charge in [-0.15, -0.1) is 0 Å². The number of hydrogen-bond donors (Lipinski definition) is 0. The van der Waals surface area contributed by atoms with E-state index in [9.17, 15) is 4.79 Å². The number of halogens is 1. The van der Waals surface area contributed by atoms with E-state index in [1.54, 1.807) is 11.0 Å². The van der Waals surface area contributed by atoms with Gasteiger partial charge in [-0.3, -0.25) is 9.69 Å². The molecule has 32 heavy (non-hydrogen) atoms. The van der Waals surface area contributed by atoms with Crippen LogP contribution in [0.25, 0.3) is 6.08 Å². The van der Waals surface area contributed by atoms with Gasteiger partial charge in [0.15, 0.2) is 5.17 Å². The average Bonchev–Trinajstić information content (AvgIpc) is 3.34. The van der Waals surface area contributed by atoms with Gasteiger partial charge in [-0.25, -0.2) is 4.99 Å². The highest BCUT2D eigenvalue weighted by Crippen LogP contribution is 2.39. The summed E-state index contributed by atoms with van der Waals surface area (Å²) >= 11 is 4.93. The molecule has 0 atom stereocenters. The maximum absolute atomic E-state index is 13.4. The molecule has 6 nitrogen and oxygen atoms in total. The van der Waals surface area contributed by atoms with Gasteiger partial charge in [0.25, 0.3) is 5.91 Å². The lowest BCUT2D eigenvalue weighted by atomic mass is 10.3. The van der Waals surface area contributed by atoms with Crippen molar-refractivity contribution in [3.05, 3.63) is 81.9 Å². The number of amides is 1. The van der Waals surface area contributed by atoms with Crippen LogP contribution in [0.5, 0.6) is 0 Å². The van der Waals surface area contributed by atoms with Gasteiger partial charge < -0.3 is 14.1 Å². The van der Waals surface area contributed by atoms with Gasteiger partial charge in [0.2, 0.25) is 5.88 Å². The summed E-state index contributed by atoms with van der Waals surface area (Å²) in [6.07, 6.45) is 1.78. The molecule has 2 aliphatic heterocycles. The van der Waals surface area contributed by atoms with Crippen LogP contribution in [0.2, 0.25) is 0 Å². The summed E-state index contributed by atoms with van der Waals surface area (Å²) in [6, 6.07) is 21.1. The molecular weight excluding hydrogens is 490 g/mol. The van der Waals surface area contributed by atoms with Crippen molar-refractivity contribution >= 4 is 62.1 Å². The van der Waals surface area contributed by atoms with Crippen LogP contribution in [0.4, 0.5) is 17.3 Å². The Morgan fingerprint density at radius 2 is 1.69 bits per heavy atom. The molecule has 0 saturated carbocycles. The summed E-state index contributed by atoms with van der Waals surface area (Å²) in [6.45, 7) is 2.88. The van der Waals surface area contributed by atoms with Crippen molar-refractivity contribution in [2.24, 2.45) is 4.99 Å². The summed E-state index contributed by atoms with van der Waals surface area (Å²) in [7, 11) is 0. The van der Waals surface area contributed by atoms with Crippen molar-refractivity contribution in [1.29, 1.82) is 0 Å². The summed E-state index contributed by atoms with van der Waals surface area (Å²) in [5.74, 6) is 1.24. The molecular formula is C24H20BrN3O3S. The highest BCUT2D eigenvalue weighted by Gasteiger charge is 2.35. The first-order chi connectivity index (χ1) is 15.7. The van der Waals surface area contributed by atoms with Gasteiger partial charge in [-0.2, -0.15) is 0 Å². The maximum atomic E-state index is 13.4. The predicted octanol–water partition coefficient (Wildman–Crippen LogP) is 5.69. The zero-order valence-electron chi connectivity index (χ0n) is 17.1. The number of amidine groups is 1. The Morgan fingerprint density at radius 3 is 2.41 bits per heavy atom. The third kappa shape index (κ3) is 4.39. The van der Waals surface area contributed by atoms with Crippen LogP contribution in [-0.2, 0) is 9.53 Å². The standard InChI is InChI=1S/C24H20BrN3O3S/c25-20-15-19(31-23(20)27-11-13-30-14-12-27)16-21-22(29)28(18-9-5-2-6-10-18)24(32-21)26-17-7-3-1-4-8-17/h1-10,15-16H,11-14H2/b21-16-,26-24?. The largest absolute Gasteiger partial charge is 0.440 e. The molecule has 2 fully saturated rings. The average molecular weight is 510 g/mol.